The number of carboxylic acids is 1. The van der Waals surface area contributed by atoms with Crippen LogP contribution in [0.3, 0.4) is 0 Å². The van der Waals surface area contributed by atoms with Crippen LogP contribution in [-0.2, 0) is 15.2 Å². The third kappa shape index (κ3) is 4.13. The lowest BCUT2D eigenvalue weighted by molar-refractivity contribution is -0.168. The molecule has 0 bridgehead atoms. The lowest BCUT2D eigenvalue weighted by Gasteiger charge is -2.49. The summed E-state index contributed by atoms with van der Waals surface area (Å²) in [5, 5.41) is 17.0. The molecule has 0 aliphatic carbocycles. The maximum absolute atomic E-state index is 13.8. The minimum atomic E-state index is -1.39. The number of aromatic carboxylic acids is 1. The van der Waals surface area contributed by atoms with Gasteiger partial charge in [0, 0.05) is 31.0 Å². The number of amides is 1. The number of carboxylic acid groups (broad SMARTS) is 1. The second-order valence-electron chi connectivity index (χ2n) is 10.4. The summed E-state index contributed by atoms with van der Waals surface area (Å²) in [6.07, 6.45) is 4.58. The number of hydrogen-bond acceptors (Lipinski definition) is 6. The van der Waals surface area contributed by atoms with E-state index in [1.807, 2.05) is 18.2 Å². The zero-order valence-corrected chi connectivity index (χ0v) is 21.9. The van der Waals surface area contributed by atoms with E-state index in [0.29, 0.717) is 30.6 Å². The number of nitrogens with two attached hydrogens (primary N) is 1. The highest BCUT2D eigenvalue weighted by atomic mass is 16.5. The minimum Gasteiger partial charge on any atom is -0.497 e. The first-order chi connectivity index (χ1) is 18.9. The molecule has 0 saturated carbocycles. The number of rotatable bonds is 7. The number of carbonyl (C=O) groups is 2. The van der Waals surface area contributed by atoms with Crippen LogP contribution in [0.25, 0.3) is 21.7 Å². The molecule has 6 rings (SSSR count). The van der Waals surface area contributed by atoms with Crippen molar-refractivity contribution >= 4 is 33.6 Å². The second-order valence-corrected chi connectivity index (χ2v) is 10.4. The van der Waals surface area contributed by atoms with E-state index in [9.17, 15) is 14.7 Å². The fourth-order valence-electron chi connectivity index (χ4n) is 6.45. The van der Waals surface area contributed by atoms with Gasteiger partial charge < -0.3 is 20.3 Å². The number of aromatic nitrogens is 2. The third-order valence-corrected chi connectivity index (χ3v) is 8.31. The number of ether oxygens (including phenoxy) is 2. The first kappa shape index (κ1) is 25.3. The van der Waals surface area contributed by atoms with E-state index in [-0.39, 0.29) is 11.5 Å². The Balaban J connectivity index is 1.53. The topological polar surface area (TPSA) is 120 Å². The smallest absolute Gasteiger partial charge is 0.335 e. The van der Waals surface area contributed by atoms with Crippen LogP contribution in [0.4, 0.5) is 0 Å². The van der Waals surface area contributed by atoms with Crippen LogP contribution in [0, 0.1) is 0 Å². The molecule has 3 aromatic carbocycles. The molecule has 0 spiro atoms. The Bertz CT molecular complexity index is 1560. The predicted octanol–water partition coefficient (Wildman–Crippen LogP) is 4.09. The van der Waals surface area contributed by atoms with Crippen LogP contribution in [0.15, 0.2) is 60.8 Å². The van der Waals surface area contributed by atoms with Crippen molar-refractivity contribution in [2.75, 3.05) is 26.8 Å². The van der Waals surface area contributed by atoms with Gasteiger partial charge in [-0.2, -0.15) is 5.10 Å². The van der Waals surface area contributed by atoms with E-state index in [2.05, 4.69) is 23.1 Å². The van der Waals surface area contributed by atoms with E-state index < -0.39 is 23.6 Å². The summed E-state index contributed by atoms with van der Waals surface area (Å²) in [6.45, 7) is 1.88. The highest BCUT2D eigenvalue weighted by molar-refractivity contribution is 5.94. The number of likely N-dealkylation sites (tertiary alicyclic amines) is 1. The Morgan fingerprint density at radius 3 is 2.54 bits per heavy atom. The second kappa shape index (κ2) is 9.98. The molecule has 4 aromatic rings. The van der Waals surface area contributed by atoms with Gasteiger partial charge in [0.25, 0.3) is 5.91 Å². The summed E-state index contributed by atoms with van der Waals surface area (Å²) < 4.78 is 13.6. The first-order valence-electron chi connectivity index (χ1n) is 13.4. The first-order valence-corrected chi connectivity index (χ1v) is 13.4. The Morgan fingerprint density at radius 2 is 1.79 bits per heavy atom. The van der Waals surface area contributed by atoms with Crippen LogP contribution in [-0.4, -0.2) is 64.6 Å². The van der Waals surface area contributed by atoms with Gasteiger partial charge in [0.1, 0.15) is 11.9 Å². The van der Waals surface area contributed by atoms with Crippen LogP contribution in [0.1, 0.15) is 47.5 Å². The van der Waals surface area contributed by atoms with Gasteiger partial charge in [-0.1, -0.05) is 24.3 Å². The molecule has 202 valence electrons. The van der Waals surface area contributed by atoms with Gasteiger partial charge in [-0.15, -0.1) is 0 Å². The highest BCUT2D eigenvalue weighted by Crippen LogP contribution is 2.44. The zero-order valence-electron chi connectivity index (χ0n) is 21.9. The summed E-state index contributed by atoms with van der Waals surface area (Å²) in [4.78, 5) is 27.5. The molecule has 1 aromatic heterocycles. The molecule has 0 radical (unpaired) electrons. The van der Waals surface area contributed by atoms with E-state index in [1.54, 1.807) is 30.1 Å². The van der Waals surface area contributed by atoms with E-state index in [1.165, 1.54) is 6.07 Å². The maximum atomic E-state index is 13.8. The fraction of sp³-hybridized carbons (Fsp3) is 0.367. The molecule has 1 amide bonds. The molecule has 3 heterocycles. The van der Waals surface area contributed by atoms with Crippen LogP contribution < -0.4 is 10.5 Å². The molecule has 9 heteroatoms. The molecule has 3 atom stereocenters. The molecular weight excluding hydrogens is 496 g/mol. The number of hydrogen-bond donors (Lipinski definition) is 2. The van der Waals surface area contributed by atoms with Crippen molar-refractivity contribution in [2.24, 2.45) is 5.73 Å². The highest BCUT2D eigenvalue weighted by Gasteiger charge is 2.57. The van der Waals surface area contributed by atoms with Crippen LogP contribution in [0.5, 0.6) is 5.75 Å². The monoisotopic (exact) mass is 528 g/mol. The molecule has 39 heavy (non-hydrogen) atoms. The van der Waals surface area contributed by atoms with Gasteiger partial charge >= 0.3 is 5.97 Å². The van der Waals surface area contributed by atoms with Crippen LogP contribution in [0.2, 0.25) is 0 Å². The summed E-state index contributed by atoms with van der Waals surface area (Å²) >= 11 is 0. The van der Waals surface area contributed by atoms with Gasteiger partial charge in [0.15, 0.2) is 0 Å². The SMILES string of the molecule is COc1ccc2cc(C3CCCOC3C(C(N)=O)(N3CCCC3)n3ncc4cc(C(=O)O)ccc43)ccc2c1. The van der Waals surface area contributed by atoms with Crippen molar-refractivity contribution in [3.05, 3.63) is 71.9 Å². The van der Waals surface area contributed by atoms with Crippen molar-refractivity contribution < 1.29 is 24.2 Å². The zero-order chi connectivity index (χ0) is 27.1. The van der Waals surface area contributed by atoms with Gasteiger partial charge in [-0.05, 0) is 72.4 Å². The molecule has 2 aliphatic rings. The Hall–Kier alpha value is -3.95. The lowest BCUT2D eigenvalue weighted by atomic mass is 9.79. The van der Waals surface area contributed by atoms with E-state index >= 15 is 0 Å². The summed E-state index contributed by atoms with van der Waals surface area (Å²) in [5.41, 5.74) is 6.87. The van der Waals surface area contributed by atoms with E-state index in [4.69, 9.17) is 20.3 Å². The number of fused-ring (bicyclic) bond motifs is 2. The van der Waals surface area contributed by atoms with Crippen molar-refractivity contribution in [1.29, 1.82) is 0 Å². The maximum Gasteiger partial charge on any atom is 0.335 e. The number of carbonyl (C=O) groups excluding carboxylic acids is 1. The van der Waals surface area contributed by atoms with Gasteiger partial charge in [-0.3, -0.25) is 9.69 Å². The Labute approximate surface area is 226 Å². The normalized spacial score (nSPS) is 21.7. The van der Waals surface area contributed by atoms with Crippen molar-refractivity contribution in [3.8, 4) is 5.75 Å². The Morgan fingerprint density at radius 1 is 1.03 bits per heavy atom. The molecule has 2 fully saturated rings. The predicted molar refractivity (Wildman–Crippen MR) is 147 cm³/mol. The summed E-state index contributed by atoms with van der Waals surface area (Å²) in [7, 11) is 1.66. The molecular formula is C30H32N4O5. The van der Waals surface area contributed by atoms with E-state index in [0.717, 1.165) is 47.8 Å². The number of methoxy groups -OCH3 is 1. The standard InChI is InChI=1S/C30H32N4O5/c1-38-24-10-8-19-15-21(7-6-20(19)17-24)25-5-4-14-39-27(25)30(29(31)37,33-12-2-3-13-33)34-26-11-9-22(28(35)36)16-23(26)18-32-34/h6-11,15-18,25,27H,2-5,12-14H2,1H3,(H2,31,37)(H,35,36). The number of primary amides is 1. The molecule has 9 nitrogen and oxygen atoms in total. The average molecular weight is 529 g/mol. The summed E-state index contributed by atoms with van der Waals surface area (Å²) in [5.74, 6) is -0.863. The lowest BCUT2D eigenvalue weighted by Crippen LogP contribution is -2.67. The molecule has 3 unspecified atom stereocenters. The van der Waals surface area contributed by atoms with Gasteiger partial charge in [-0.25, -0.2) is 9.48 Å². The molecule has 2 saturated heterocycles. The average Bonchev–Trinajstić information content (AvgIpc) is 3.64. The quantitative estimate of drug-likeness (QED) is 0.371. The molecule has 3 N–H and O–H groups in total. The van der Waals surface area contributed by atoms with Gasteiger partial charge in [0.05, 0.1) is 24.4 Å². The van der Waals surface area contributed by atoms with Crippen molar-refractivity contribution in [1.82, 2.24) is 14.7 Å². The van der Waals surface area contributed by atoms with Crippen LogP contribution >= 0.6 is 0 Å². The van der Waals surface area contributed by atoms with Gasteiger partial charge in [0.2, 0.25) is 5.66 Å². The fourth-order valence-corrected chi connectivity index (χ4v) is 6.45. The largest absolute Gasteiger partial charge is 0.497 e. The third-order valence-electron chi connectivity index (χ3n) is 8.31. The summed E-state index contributed by atoms with van der Waals surface area (Å²) in [6, 6.07) is 17.2. The Kier molecular flexibility index (Phi) is 6.48. The van der Waals surface area contributed by atoms with Crippen molar-refractivity contribution in [2.45, 2.75) is 43.4 Å². The number of nitrogens with zero attached hydrogens (tertiary/aromatic N) is 3. The number of benzene rings is 3. The molecule has 2 aliphatic heterocycles. The minimum absolute atomic E-state index is 0.115. The van der Waals surface area contributed by atoms with Crippen molar-refractivity contribution in [3.63, 3.8) is 0 Å².